The molecule has 3 aromatic heterocycles. The Balaban J connectivity index is 1.39. The van der Waals surface area contributed by atoms with Crippen LogP contribution in [0.1, 0.15) is 35.4 Å². The highest BCUT2D eigenvalue weighted by Crippen LogP contribution is 2.22. The molecular weight excluding hydrogens is 454 g/mol. The first kappa shape index (κ1) is 23.7. The summed E-state index contributed by atoms with van der Waals surface area (Å²) in [6, 6.07) is 13.6. The van der Waals surface area contributed by atoms with E-state index in [4.69, 9.17) is 4.98 Å². The van der Waals surface area contributed by atoms with E-state index in [0.717, 1.165) is 35.4 Å². The average molecular weight is 486 g/mol. The third-order valence-corrected chi connectivity index (χ3v) is 7.06. The van der Waals surface area contributed by atoms with Gasteiger partial charge in [-0.1, -0.05) is 30.3 Å². The van der Waals surface area contributed by atoms with Crippen LogP contribution in [0.5, 0.6) is 0 Å². The molecule has 1 fully saturated rings. The van der Waals surface area contributed by atoms with Gasteiger partial charge in [-0.15, -0.1) is 0 Å². The average Bonchev–Trinajstić information content (AvgIpc) is 3.14. The monoisotopic (exact) mass is 485 g/mol. The molecule has 0 aliphatic carbocycles. The van der Waals surface area contributed by atoms with Crippen LogP contribution in [0.4, 0.5) is 5.82 Å². The Morgan fingerprint density at radius 1 is 1.14 bits per heavy atom. The predicted octanol–water partition coefficient (Wildman–Crippen LogP) is 2.72. The van der Waals surface area contributed by atoms with Crippen molar-refractivity contribution in [3.8, 4) is 0 Å². The largest absolute Gasteiger partial charge is 0.352 e. The number of pyridine rings is 1. The van der Waals surface area contributed by atoms with E-state index in [9.17, 15) is 9.59 Å². The standard InChI is InChI=1S/C27H31N7O2/c1-18-22(19(2)32(3)31-18)15-29-26(35)21-11-8-14-33(17-21)25-27(36)34(16-20-9-5-4-6-10-20)24-23(30-25)12-7-13-28-24/h4-7,9-10,12-13,21H,8,11,14-17H2,1-3H3,(H,29,35)/t21-/m1/s1. The van der Waals surface area contributed by atoms with Gasteiger partial charge in [-0.25, -0.2) is 9.97 Å². The van der Waals surface area contributed by atoms with Gasteiger partial charge in [0.05, 0.1) is 18.2 Å². The van der Waals surface area contributed by atoms with E-state index in [-0.39, 0.29) is 17.4 Å². The maximum atomic E-state index is 13.7. The molecule has 0 radical (unpaired) electrons. The molecule has 4 heterocycles. The number of amides is 1. The summed E-state index contributed by atoms with van der Waals surface area (Å²) in [7, 11) is 1.91. The van der Waals surface area contributed by atoms with Gasteiger partial charge in [0.15, 0.2) is 11.5 Å². The number of piperidine rings is 1. The second kappa shape index (κ2) is 9.93. The molecule has 4 aromatic rings. The second-order valence-electron chi connectivity index (χ2n) is 9.43. The van der Waals surface area contributed by atoms with Crippen LogP contribution in [0, 0.1) is 19.8 Å². The zero-order valence-electron chi connectivity index (χ0n) is 20.9. The number of benzene rings is 1. The lowest BCUT2D eigenvalue weighted by molar-refractivity contribution is -0.125. The van der Waals surface area contributed by atoms with E-state index in [1.165, 1.54) is 0 Å². The van der Waals surface area contributed by atoms with Crippen LogP contribution >= 0.6 is 0 Å². The zero-order chi connectivity index (χ0) is 25.2. The number of aromatic nitrogens is 5. The fourth-order valence-electron chi connectivity index (χ4n) is 4.96. The molecule has 0 saturated carbocycles. The van der Waals surface area contributed by atoms with Gasteiger partial charge in [0, 0.05) is 44.1 Å². The summed E-state index contributed by atoms with van der Waals surface area (Å²) in [4.78, 5) is 37.9. The Morgan fingerprint density at radius 2 is 1.94 bits per heavy atom. The van der Waals surface area contributed by atoms with E-state index in [2.05, 4.69) is 15.4 Å². The summed E-state index contributed by atoms with van der Waals surface area (Å²) < 4.78 is 3.52. The van der Waals surface area contributed by atoms with Crippen molar-refractivity contribution in [1.82, 2.24) is 29.6 Å². The molecule has 1 amide bonds. The van der Waals surface area contributed by atoms with Crippen molar-refractivity contribution < 1.29 is 4.79 Å². The second-order valence-corrected chi connectivity index (χ2v) is 9.43. The summed E-state index contributed by atoms with van der Waals surface area (Å²) in [5.74, 6) is 0.154. The van der Waals surface area contributed by atoms with Crippen molar-refractivity contribution in [3.05, 3.63) is 81.5 Å². The highest BCUT2D eigenvalue weighted by atomic mass is 16.2. The minimum absolute atomic E-state index is 0.00517. The molecule has 186 valence electrons. The molecule has 1 N–H and O–H groups in total. The van der Waals surface area contributed by atoms with E-state index in [1.54, 1.807) is 10.8 Å². The minimum Gasteiger partial charge on any atom is -0.352 e. The number of nitrogens with zero attached hydrogens (tertiary/aromatic N) is 6. The number of rotatable bonds is 6. The van der Waals surface area contributed by atoms with Crippen LogP contribution in [0.3, 0.4) is 0 Å². The Kier molecular flexibility index (Phi) is 6.54. The number of carbonyl (C=O) groups excluding carboxylic acids is 1. The molecule has 1 aliphatic rings. The first-order valence-corrected chi connectivity index (χ1v) is 12.3. The molecule has 9 heteroatoms. The van der Waals surface area contributed by atoms with Gasteiger partial charge in [0.1, 0.15) is 5.52 Å². The number of fused-ring (bicyclic) bond motifs is 1. The normalized spacial score (nSPS) is 15.9. The van der Waals surface area contributed by atoms with E-state index >= 15 is 0 Å². The number of anilines is 1. The maximum Gasteiger partial charge on any atom is 0.295 e. The number of hydrogen-bond acceptors (Lipinski definition) is 6. The lowest BCUT2D eigenvalue weighted by atomic mass is 9.97. The SMILES string of the molecule is Cc1nn(C)c(C)c1CNC(=O)[C@@H]1CCCN(c2nc3cccnc3n(Cc3ccccc3)c2=O)C1. The van der Waals surface area contributed by atoms with Crippen LogP contribution in [-0.2, 0) is 24.9 Å². The van der Waals surface area contributed by atoms with E-state index < -0.39 is 0 Å². The molecule has 9 nitrogen and oxygen atoms in total. The molecule has 0 bridgehead atoms. The summed E-state index contributed by atoms with van der Waals surface area (Å²) >= 11 is 0. The van der Waals surface area contributed by atoms with Crippen molar-refractivity contribution in [2.24, 2.45) is 13.0 Å². The molecule has 5 rings (SSSR count). The first-order valence-electron chi connectivity index (χ1n) is 12.3. The van der Waals surface area contributed by atoms with Gasteiger partial charge < -0.3 is 10.2 Å². The van der Waals surface area contributed by atoms with Gasteiger partial charge in [0.2, 0.25) is 5.91 Å². The number of hydrogen-bond donors (Lipinski definition) is 1. The molecular formula is C27H31N7O2. The molecule has 1 aromatic carbocycles. The van der Waals surface area contributed by atoms with Crippen LogP contribution in [0.15, 0.2) is 53.5 Å². The topological polar surface area (TPSA) is 97.9 Å². The van der Waals surface area contributed by atoms with Gasteiger partial charge in [-0.2, -0.15) is 5.10 Å². The van der Waals surface area contributed by atoms with E-state index in [0.29, 0.717) is 43.2 Å². The molecule has 0 unspecified atom stereocenters. The summed E-state index contributed by atoms with van der Waals surface area (Å²) in [6.45, 7) is 5.96. The minimum atomic E-state index is -0.218. The Morgan fingerprint density at radius 3 is 2.69 bits per heavy atom. The number of carbonyl (C=O) groups is 1. The van der Waals surface area contributed by atoms with Crippen LogP contribution in [-0.4, -0.2) is 43.3 Å². The van der Waals surface area contributed by atoms with Crippen LogP contribution < -0.4 is 15.8 Å². The highest BCUT2D eigenvalue weighted by molar-refractivity contribution is 5.80. The third kappa shape index (κ3) is 4.60. The first-order chi connectivity index (χ1) is 17.4. The molecule has 36 heavy (non-hydrogen) atoms. The summed E-state index contributed by atoms with van der Waals surface area (Å²) in [5, 5.41) is 7.52. The van der Waals surface area contributed by atoms with Crippen molar-refractivity contribution in [3.63, 3.8) is 0 Å². The fraction of sp³-hybridized carbons (Fsp3) is 0.370. The van der Waals surface area contributed by atoms with Crippen molar-refractivity contribution in [1.29, 1.82) is 0 Å². The fourth-order valence-corrected chi connectivity index (χ4v) is 4.96. The lowest BCUT2D eigenvalue weighted by Crippen LogP contribution is -2.45. The summed E-state index contributed by atoms with van der Waals surface area (Å²) in [5.41, 5.74) is 5.07. The number of nitrogens with one attached hydrogen (secondary N) is 1. The highest BCUT2D eigenvalue weighted by Gasteiger charge is 2.29. The van der Waals surface area contributed by atoms with Crippen molar-refractivity contribution >= 4 is 22.9 Å². The van der Waals surface area contributed by atoms with Gasteiger partial charge in [-0.3, -0.25) is 18.8 Å². The van der Waals surface area contributed by atoms with Gasteiger partial charge in [0.25, 0.3) is 5.56 Å². The smallest absolute Gasteiger partial charge is 0.295 e. The summed E-state index contributed by atoms with van der Waals surface area (Å²) in [6.07, 6.45) is 3.27. The molecule has 1 saturated heterocycles. The van der Waals surface area contributed by atoms with Gasteiger partial charge >= 0.3 is 0 Å². The lowest BCUT2D eigenvalue weighted by Gasteiger charge is -2.32. The van der Waals surface area contributed by atoms with Crippen LogP contribution in [0.25, 0.3) is 11.2 Å². The maximum absolute atomic E-state index is 13.7. The number of aryl methyl sites for hydroxylation is 2. The third-order valence-electron chi connectivity index (χ3n) is 7.06. The zero-order valence-corrected chi connectivity index (χ0v) is 20.9. The van der Waals surface area contributed by atoms with Crippen LogP contribution in [0.2, 0.25) is 0 Å². The van der Waals surface area contributed by atoms with Gasteiger partial charge in [-0.05, 0) is 44.4 Å². The molecule has 0 spiro atoms. The van der Waals surface area contributed by atoms with Crippen molar-refractivity contribution in [2.45, 2.75) is 39.8 Å². The Labute approximate surface area is 209 Å². The molecule has 1 atom stereocenters. The quantitative estimate of drug-likeness (QED) is 0.451. The molecule has 1 aliphatic heterocycles. The van der Waals surface area contributed by atoms with Crippen molar-refractivity contribution in [2.75, 3.05) is 18.0 Å². The Bertz CT molecular complexity index is 1460. The Hall–Kier alpha value is -4.01. The van der Waals surface area contributed by atoms with E-state index in [1.807, 2.05) is 72.9 Å². The predicted molar refractivity (Wildman–Crippen MR) is 139 cm³/mol.